The number of para-hydroxylation sites is 1. The molecule has 0 radical (unpaired) electrons. The Balaban J connectivity index is 1.45. The Morgan fingerprint density at radius 2 is 1.53 bits per heavy atom. The fraction of sp³-hybridized carbons (Fsp3) is 0.0345. The molecule has 0 saturated heterocycles. The summed E-state index contributed by atoms with van der Waals surface area (Å²) in [5.41, 5.74) is 4.76. The van der Waals surface area contributed by atoms with Crippen molar-refractivity contribution in [3.05, 3.63) is 136 Å². The number of carbonyl (C=O) groups is 1. The molecule has 1 heterocycles. The zero-order chi connectivity index (χ0) is 23.3. The van der Waals surface area contributed by atoms with Gasteiger partial charge in [-0.15, -0.1) is 0 Å². The number of hydrogen-bond donors (Lipinski definition) is 0. The molecule has 0 bridgehead atoms. The number of nitrogens with zero attached hydrogens (tertiary/aromatic N) is 2. The molecule has 0 atom stereocenters. The Bertz CT molecular complexity index is 1360. The van der Waals surface area contributed by atoms with E-state index in [-0.39, 0.29) is 5.91 Å². The van der Waals surface area contributed by atoms with Crippen LogP contribution in [0.3, 0.4) is 0 Å². The summed E-state index contributed by atoms with van der Waals surface area (Å²) in [6, 6.07) is 35.0. The summed E-state index contributed by atoms with van der Waals surface area (Å²) in [7, 11) is 0. The largest absolute Gasteiger partial charge is 0.489 e. The molecular formula is C29H21BrN2O2. The Labute approximate surface area is 206 Å². The quantitative estimate of drug-likeness (QED) is 0.267. The van der Waals surface area contributed by atoms with E-state index in [4.69, 9.17) is 4.74 Å². The SMILES string of the molecule is O=C1/C(=C/c2cccc(OCc3ccc(Br)cc3)c2)C(c2ccccc2)=NN1c1ccccc1. The molecule has 0 fully saturated rings. The van der Waals surface area contributed by atoms with Crippen LogP contribution in [-0.2, 0) is 11.4 Å². The molecule has 0 N–H and O–H groups in total. The van der Waals surface area contributed by atoms with Gasteiger partial charge in [-0.1, -0.05) is 88.7 Å². The highest BCUT2D eigenvalue weighted by molar-refractivity contribution is 9.10. The van der Waals surface area contributed by atoms with Crippen molar-refractivity contribution in [3.8, 4) is 5.75 Å². The fourth-order valence-corrected chi connectivity index (χ4v) is 3.97. The minimum atomic E-state index is -0.161. The van der Waals surface area contributed by atoms with Crippen LogP contribution in [0.2, 0.25) is 0 Å². The molecular weight excluding hydrogens is 488 g/mol. The van der Waals surface area contributed by atoms with Gasteiger partial charge in [-0.2, -0.15) is 10.1 Å². The summed E-state index contributed by atoms with van der Waals surface area (Å²) in [6.07, 6.45) is 1.88. The first-order chi connectivity index (χ1) is 16.7. The second-order valence-corrected chi connectivity index (χ2v) is 8.73. The van der Waals surface area contributed by atoms with Crippen LogP contribution in [0.4, 0.5) is 5.69 Å². The van der Waals surface area contributed by atoms with Crippen LogP contribution < -0.4 is 9.75 Å². The van der Waals surface area contributed by atoms with Gasteiger partial charge in [-0.25, -0.2) is 0 Å². The predicted octanol–water partition coefficient (Wildman–Crippen LogP) is 6.86. The maximum Gasteiger partial charge on any atom is 0.281 e. The monoisotopic (exact) mass is 508 g/mol. The van der Waals surface area contributed by atoms with Gasteiger partial charge in [0, 0.05) is 10.0 Å². The van der Waals surface area contributed by atoms with Gasteiger partial charge in [0.25, 0.3) is 5.91 Å². The zero-order valence-electron chi connectivity index (χ0n) is 18.3. The van der Waals surface area contributed by atoms with E-state index in [1.165, 1.54) is 5.01 Å². The van der Waals surface area contributed by atoms with Gasteiger partial charge < -0.3 is 4.74 Å². The van der Waals surface area contributed by atoms with Crippen molar-refractivity contribution in [3.63, 3.8) is 0 Å². The van der Waals surface area contributed by atoms with Crippen molar-refractivity contribution in [2.45, 2.75) is 6.61 Å². The zero-order valence-corrected chi connectivity index (χ0v) is 19.9. The third-order valence-corrected chi connectivity index (χ3v) is 5.94. The summed E-state index contributed by atoms with van der Waals surface area (Å²) in [6.45, 7) is 0.463. The molecule has 1 amide bonds. The number of hydrazone groups is 1. The highest BCUT2D eigenvalue weighted by Gasteiger charge is 2.31. The summed E-state index contributed by atoms with van der Waals surface area (Å²) in [4.78, 5) is 13.4. The smallest absolute Gasteiger partial charge is 0.281 e. The number of benzene rings is 4. The Morgan fingerprint density at radius 3 is 2.26 bits per heavy atom. The summed E-state index contributed by atoms with van der Waals surface area (Å²) >= 11 is 3.45. The molecule has 5 rings (SSSR count). The maximum atomic E-state index is 13.4. The topological polar surface area (TPSA) is 41.9 Å². The first kappa shape index (κ1) is 21.9. The first-order valence-corrected chi connectivity index (χ1v) is 11.7. The van der Waals surface area contributed by atoms with Crippen LogP contribution in [0.5, 0.6) is 5.75 Å². The average Bonchev–Trinajstić information content (AvgIpc) is 3.21. The van der Waals surface area contributed by atoms with E-state index in [9.17, 15) is 4.79 Å². The second-order valence-electron chi connectivity index (χ2n) is 7.81. The summed E-state index contributed by atoms with van der Waals surface area (Å²) in [5.74, 6) is 0.576. The summed E-state index contributed by atoms with van der Waals surface area (Å²) < 4.78 is 7.03. The van der Waals surface area contributed by atoms with Crippen LogP contribution >= 0.6 is 15.9 Å². The second kappa shape index (κ2) is 9.89. The fourth-order valence-electron chi connectivity index (χ4n) is 3.71. The lowest BCUT2D eigenvalue weighted by Gasteiger charge is -2.11. The van der Waals surface area contributed by atoms with Crippen molar-refractivity contribution >= 4 is 39.3 Å². The van der Waals surface area contributed by atoms with E-state index in [2.05, 4.69) is 21.0 Å². The molecule has 0 aliphatic carbocycles. The molecule has 1 aliphatic heterocycles. The molecule has 0 spiro atoms. The van der Waals surface area contributed by atoms with Crippen molar-refractivity contribution < 1.29 is 9.53 Å². The number of halogens is 1. The van der Waals surface area contributed by atoms with Gasteiger partial charge >= 0.3 is 0 Å². The van der Waals surface area contributed by atoms with Gasteiger partial charge in [0.15, 0.2) is 0 Å². The molecule has 4 aromatic carbocycles. The van der Waals surface area contributed by atoms with Gasteiger partial charge in [-0.3, -0.25) is 4.79 Å². The highest BCUT2D eigenvalue weighted by Crippen LogP contribution is 2.28. The van der Waals surface area contributed by atoms with Crippen molar-refractivity contribution in [2.75, 3.05) is 5.01 Å². The molecule has 4 nitrogen and oxygen atoms in total. The molecule has 0 saturated carbocycles. The minimum Gasteiger partial charge on any atom is -0.489 e. The number of amides is 1. The lowest BCUT2D eigenvalue weighted by Crippen LogP contribution is -2.21. The molecule has 34 heavy (non-hydrogen) atoms. The van der Waals surface area contributed by atoms with E-state index in [1.807, 2.05) is 115 Å². The normalized spacial score (nSPS) is 14.4. The Kier molecular flexibility index (Phi) is 6.36. The van der Waals surface area contributed by atoms with Crippen LogP contribution in [0, 0.1) is 0 Å². The molecule has 4 aromatic rings. The summed E-state index contributed by atoms with van der Waals surface area (Å²) in [5, 5.41) is 6.15. The maximum absolute atomic E-state index is 13.4. The number of rotatable bonds is 6. The number of hydrogen-bond acceptors (Lipinski definition) is 3. The standard InChI is InChI=1S/C29H21BrN2O2/c30-24-16-14-21(15-17-24)20-34-26-13-7-8-22(18-26)19-27-28(23-9-3-1-4-10-23)31-32(29(27)33)25-11-5-2-6-12-25/h1-19H,20H2/b27-19+. The van der Waals surface area contributed by atoms with E-state index in [1.54, 1.807) is 0 Å². The Morgan fingerprint density at radius 1 is 0.824 bits per heavy atom. The average molecular weight is 509 g/mol. The number of ether oxygens (including phenoxy) is 1. The first-order valence-electron chi connectivity index (χ1n) is 10.9. The highest BCUT2D eigenvalue weighted by atomic mass is 79.9. The van der Waals surface area contributed by atoms with Gasteiger partial charge in [0.2, 0.25) is 0 Å². The van der Waals surface area contributed by atoms with Gasteiger partial charge in [0.05, 0.1) is 11.3 Å². The van der Waals surface area contributed by atoms with Crippen molar-refractivity contribution in [2.24, 2.45) is 5.10 Å². The Hall–Kier alpha value is -3.96. The lowest BCUT2D eigenvalue weighted by molar-refractivity contribution is -0.114. The van der Waals surface area contributed by atoms with E-state index >= 15 is 0 Å². The van der Waals surface area contributed by atoms with Gasteiger partial charge in [0.1, 0.15) is 18.1 Å². The van der Waals surface area contributed by atoms with Crippen LogP contribution in [0.1, 0.15) is 16.7 Å². The van der Waals surface area contributed by atoms with E-state index < -0.39 is 0 Å². The molecule has 1 aliphatic rings. The molecule has 166 valence electrons. The third kappa shape index (κ3) is 4.85. The predicted molar refractivity (Wildman–Crippen MR) is 140 cm³/mol. The molecule has 0 unspecified atom stereocenters. The van der Waals surface area contributed by atoms with Crippen LogP contribution in [-0.4, -0.2) is 11.6 Å². The third-order valence-electron chi connectivity index (χ3n) is 5.41. The van der Waals surface area contributed by atoms with Crippen molar-refractivity contribution in [1.82, 2.24) is 0 Å². The molecule has 0 aromatic heterocycles. The number of carbonyl (C=O) groups excluding carboxylic acids is 1. The van der Waals surface area contributed by atoms with Crippen LogP contribution in [0.15, 0.2) is 124 Å². The van der Waals surface area contributed by atoms with E-state index in [0.29, 0.717) is 17.9 Å². The van der Waals surface area contributed by atoms with Crippen LogP contribution in [0.25, 0.3) is 6.08 Å². The lowest BCUT2D eigenvalue weighted by atomic mass is 10.00. The van der Waals surface area contributed by atoms with Gasteiger partial charge in [-0.05, 0) is 53.6 Å². The van der Waals surface area contributed by atoms with Crippen molar-refractivity contribution in [1.29, 1.82) is 0 Å². The number of anilines is 1. The molecule has 5 heteroatoms. The van der Waals surface area contributed by atoms with E-state index in [0.717, 1.165) is 32.6 Å². The minimum absolute atomic E-state index is 0.161.